The minimum Gasteiger partial charge on any atom is -0.492 e. The fraction of sp³-hybridized carbons (Fsp3) is 0.200. The molecule has 0 aromatic heterocycles. The molecule has 0 aliphatic rings. The monoisotopic (exact) mass is 306 g/mol. The van der Waals surface area contributed by atoms with Gasteiger partial charge in [0.1, 0.15) is 12.4 Å². The van der Waals surface area contributed by atoms with Crippen LogP contribution in [0.1, 0.15) is 5.56 Å². The van der Waals surface area contributed by atoms with Gasteiger partial charge in [0.05, 0.1) is 4.90 Å². The minimum atomic E-state index is -3.53. The summed E-state index contributed by atoms with van der Waals surface area (Å²) in [7, 11) is -3.53. The Kier molecular flexibility index (Phi) is 5.32. The molecule has 2 rings (SSSR count). The van der Waals surface area contributed by atoms with Gasteiger partial charge in [0.15, 0.2) is 0 Å². The predicted molar refractivity (Wildman–Crippen MR) is 81.5 cm³/mol. The first-order valence-electron chi connectivity index (χ1n) is 6.58. The van der Waals surface area contributed by atoms with Crippen LogP contribution in [0.25, 0.3) is 0 Å². The van der Waals surface area contributed by atoms with Gasteiger partial charge in [-0.15, -0.1) is 0 Å². The van der Waals surface area contributed by atoms with E-state index < -0.39 is 10.0 Å². The van der Waals surface area contributed by atoms with Crippen LogP contribution in [0.5, 0.6) is 5.75 Å². The Bertz CT molecular complexity index is 655. The first kappa shape index (κ1) is 15.5. The maximum absolute atomic E-state index is 12.2. The Morgan fingerprint density at radius 2 is 1.67 bits per heavy atom. The highest BCUT2D eigenvalue weighted by Crippen LogP contribution is 2.16. The Balaban J connectivity index is 2.02. The van der Waals surface area contributed by atoms with E-state index in [1.54, 1.807) is 12.1 Å². The Hall–Kier alpha value is -1.89. The van der Waals surface area contributed by atoms with E-state index in [2.05, 4.69) is 4.72 Å². The molecule has 0 radical (unpaired) electrons. The highest BCUT2D eigenvalue weighted by Gasteiger charge is 2.13. The molecule has 112 valence electrons. The standard InChI is InChI=1S/C15H18N2O3S/c16-10-11-20-14-6-8-15(9-7-14)21(18,19)17-12-13-4-2-1-3-5-13/h1-9,17H,10-12,16H2. The number of nitrogens with one attached hydrogen (secondary N) is 1. The largest absolute Gasteiger partial charge is 0.492 e. The number of benzene rings is 2. The Labute approximate surface area is 124 Å². The van der Waals surface area contributed by atoms with Crippen molar-refractivity contribution in [3.8, 4) is 5.75 Å². The third kappa shape index (κ3) is 4.56. The van der Waals surface area contributed by atoms with E-state index in [4.69, 9.17) is 10.5 Å². The predicted octanol–water partition coefficient (Wildman–Crippen LogP) is 1.50. The Morgan fingerprint density at radius 1 is 1.00 bits per heavy atom. The van der Waals surface area contributed by atoms with Crippen LogP contribution in [0.3, 0.4) is 0 Å². The van der Waals surface area contributed by atoms with Crippen molar-refractivity contribution in [2.45, 2.75) is 11.4 Å². The summed E-state index contributed by atoms with van der Waals surface area (Å²) >= 11 is 0. The molecule has 0 unspecified atom stereocenters. The molecular formula is C15H18N2O3S. The molecule has 0 spiro atoms. The van der Waals surface area contributed by atoms with Gasteiger partial charge < -0.3 is 10.5 Å². The third-order valence-corrected chi connectivity index (χ3v) is 4.25. The lowest BCUT2D eigenvalue weighted by Crippen LogP contribution is -2.23. The first-order chi connectivity index (χ1) is 10.1. The minimum absolute atomic E-state index is 0.207. The van der Waals surface area contributed by atoms with Crippen molar-refractivity contribution in [2.24, 2.45) is 5.73 Å². The average molecular weight is 306 g/mol. The lowest BCUT2D eigenvalue weighted by atomic mass is 10.2. The zero-order chi connectivity index (χ0) is 15.1. The normalized spacial score (nSPS) is 11.3. The molecule has 0 bridgehead atoms. The molecule has 0 aliphatic heterocycles. The highest BCUT2D eigenvalue weighted by molar-refractivity contribution is 7.89. The van der Waals surface area contributed by atoms with Crippen LogP contribution in [0, 0.1) is 0 Å². The zero-order valence-corrected chi connectivity index (χ0v) is 12.3. The average Bonchev–Trinajstić information content (AvgIpc) is 2.52. The summed E-state index contributed by atoms with van der Waals surface area (Å²) in [6.45, 7) is 1.08. The van der Waals surface area contributed by atoms with Gasteiger partial charge in [-0.25, -0.2) is 13.1 Å². The van der Waals surface area contributed by atoms with E-state index in [9.17, 15) is 8.42 Å². The number of hydrogen-bond acceptors (Lipinski definition) is 4. The number of nitrogens with two attached hydrogens (primary N) is 1. The Morgan fingerprint density at radius 3 is 2.29 bits per heavy atom. The van der Waals surface area contributed by atoms with Gasteiger partial charge in [0, 0.05) is 13.1 Å². The van der Waals surface area contributed by atoms with E-state index in [0.29, 0.717) is 18.9 Å². The molecule has 6 heteroatoms. The number of rotatable bonds is 7. The third-order valence-electron chi connectivity index (χ3n) is 2.83. The molecule has 0 saturated carbocycles. The lowest BCUT2D eigenvalue weighted by molar-refractivity contribution is 0.328. The van der Waals surface area contributed by atoms with Crippen molar-refractivity contribution in [3.63, 3.8) is 0 Å². The quantitative estimate of drug-likeness (QED) is 0.812. The molecule has 5 nitrogen and oxygen atoms in total. The molecule has 0 fully saturated rings. The van der Waals surface area contributed by atoms with Gasteiger partial charge in [0.25, 0.3) is 0 Å². The van der Waals surface area contributed by atoms with Crippen molar-refractivity contribution < 1.29 is 13.2 Å². The second-order valence-electron chi connectivity index (χ2n) is 4.42. The summed E-state index contributed by atoms with van der Waals surface area (Å²) in [5.41, 5.74) is 6.25. The summed E-state index contributed by atoms with van der Waals surface area (Å²) in [5, 5.41) is 0. The molecular weight excluding hydrogens is 288 g/mol. The van der Waals surface area contributed by atoms with Crippen LogP contribution in [0.15, 0.2) is 59.5 Å². The van der Waals surface area contributed by atoms with Crippen LogP contribution in [-0.2, 0) is 16.6 Å². The summed E-state index contributed by atoms with van der Waals surface area (Å²) in [4.78, 5) is 0.207. The van der Waals surface area contributed by atoms with E-state index >= 15 is 0 Å². The molecule has 0 saturated heterocycles. The first-order valence-corrected chi connectivity index (χ1v) is 8.06. The molecule has 2 aromatic carbocycles. The molecule has 2 aromatic rings. The summed E-state index contributed by atoms with van der Waals surface area (Å²) < 4.78 is 32.2. The fourth-order valence-electron chi connectivity index (χ4n) is 1.75. The van der Waals surface area contributed by atoms with E-state index in [1.165, 1.54) is 12.1 Å². The molecule has 0 aliphatic carbocycles. The molecule has 0 heterocycles. The zero-order valence-electron chi connectivity index (χ0n) is 11.5. The topological polar surface area (TPSA) is 81.4 Å². The van der Waals surface area contributed by atoms with Crippen LogP contribution in [0.4, 0.5) is 0 Å². The summed E-state index contributed by atoms with van der Waals surface area (Å²) in [5.74, 6) is 0.599. The van der Waals surface area contributed by atoms with E-state index in [-0.39, 0.29) is 11.4 Å². The highest BCUT2D eigenvalue weighted by atomic mass is 32.2. The van der Waals surface area contributed by atoms with Crippen molar-refractivity contribution in [2.75, 3.05) is 13.2 Å². The van der Waals surface area contributed by atoms with Gasteiger partial charge in [-0.1, -0.05) is 30.3 Å². The maximum Gasteiger partial charge on any atom is 0.240 e. The van der Waals surface area contributed by atoms with Crippen molar-refractivity contribution in [1.29, 1.82) is 0 Å². The fourth-order valence-corrected chi connectivity index (χ4v) is 2.77. The summed E-state index contributed by atoms with van der Waals surface area (Å²) in [6.07, 6.45) is 0. The second-order valence-corrected chi connectivity index (χ2v) is 6.19. The van der Waals surface area contributed by atoms with E-state index in [0.717, 1.165) is 5.56 Å². The maximum atomic E-state index is 12.2. The number of ether oxygens (including phenoxy) is 1. The van der Waals surface area contributed by atoms with Crippen molar-refractivity contribution >= 4 is 10.0 Å². The van der Waals surface area contributed by atoms with Gasteiger partial charge in [-0.05, 0) is 29.8 Å². The van der Waals surface area contributed by atoms with Gasteiger partial charge in [-0.3, -0.25) is 0 Å². The molecule has 3 N–H and O–H groups in total. The van der Waals surface area contributed by atoms with Gasteiger partial charge in [-0.2, -0.15) is 0 Å². The smallest absolute Gasteiger partial charge is 0.240 e. The lowest BCUT2D eigenvalue weighted by Gasteiger charge is -2.08. The van der Waals surface area contributed by atoms with Gasteiger partial charge >= 0.3 is 0 Å². The van der Waals surface area contributed by atoms with Crippen LogP contribution >= 0.6 is 0 Å². The SMILES string of the molecule is NCCOc1ccc(S(=O)(=O)NCc2ccccc2)cc1. The number of hydrogen-bond donors (Lipinski definition) is 2. The van der Waals surface area contributed by atoms with E-state index in [1.807, 2.05) is 30.3 Å². The number of sulfonamides is 1. The molecule has 0 atom stereocenters. The molecule has 0 amide bonds. The van der Waals surface area contributed by atoms with Crippen LogP contribution in [0.2, 0.25) is 0 Å². The summed E-state index contributed by atoms with van der Waals surface area (Å²) in [6, 6.07) is 15.6. The van der Waals surface area contributed by atoms with Crippen LogP contribution < -0.4 is 15.2 Å². The van der Waals surface area contributed by atoms with Crippen LogP contribution in [-0.4, -0.2) is 21.6 Å². The van der Waals surface area contributed by atoms with Crippen molar-refractivity contribution in [1.82, 2.24) is 4.72 Å². The van der Waals surface area contributed by atoms with Crippen molar-refractivity contribution in [3.05, 3.63) is 60.2 Å². The molecule has 21 heavy (non-hydrogen) atoms. The second kappa shape index (κ2) is 7.21. The van der Waals surface area contributed by atoms with Gasteiger partial charge in [0.2, 0.25) is 10.0 Å².